The molecule has 0 saturated carbocycles. The molecule has 1 unspecified atom stereocenters. The molecule has 1 atom stereocenters. The highest BCUT2D eigenvalue weighted by atomic mass is 16.6. The number of hydrogen-bond donors (Lipinski definition) is 0. The van der Waals surface area contributed by atoms with Gasteiger partial charge in [-0.15, -0.1) is 0 Å². The summed E-state index contributed by atoms with van der Waals surface area (Å²) in [4.78, 5) is 13.7. The van der Waals surface area contributed by atoms with Crippen LogP contribution in [0.2, 0.25) is 0 Å². The van der Waals surface area contributed by atoms with Gasteiger partial charge in [0, 0.05) is 5.69 Å². The Morgan fingerprint density at radius 3 is 2.32 bits per heavy atom. The lowest BCUT2D eigenvalue weighted by Gasteiger charge is -2.19. The number of carbonyl (C=O) groups excluding carboxylic acids is 1. The second kappa shape index (κ2) is 6.79. The second-order valence-corrected chi connectivity index (χ2v) is 7.54. The molecular weight excluding hydrogens is 314 g/mol. The third-order valence-electron chi connectivity index (χ3n) is 4.38. The molecule has 2 aromatic carbocycles. The molecular formula is C21H25NO3. The first-order valence-corrected chi connectivity index (χ1v) is 8.61. The maximum Gasteiger partial charge on any atom is 0.414 e. The molecule has 0 aliphatic carbocycles. The van der Waals surface area contributed by atoms with E-state index in [1.807, 2.05) is 43.3 Å². The fraction of sp³-hybridized carbons (Fsp3) is 0.381. The van der Waals surface area contributed by atoms with E-state index in [4.69, 9.17) is 9.47 Å². The Kier molecular flexibility index (Phi) is 4.71. The normalized spacial score (nSPS) is 17.5. The van der Waals surface area contributed by atoms with Crippen LogP contribution in [0.5, 0.6) is 5.75 Å². The zero-order chi connectivity index (χ0) is 18.0. The smallest absolute Gasteiger partial charge is 0.414 e. The van der Waals surface area contributed by atoms with Crippen molar-refractivity contribution in [2.24, 2.45) is 0 Å². The van der Waals surface area contributed by atoms with Crippen molar-refractivity contribution in [2.75, 3.05) is 18.1 Å². The molecule has 25 heavy (non-hydrogen) atoms. The average Bonchev–Trinajstić information content (AvgIpc) is 2.94. The molecule has 0 aromatic heterocycles. The number of cyclic esters (lactones) is 1. The molecule has 1 aliphatic rings. The van der Waals surface area contributed by atoms with Gasteiger partial charge < -0.3 is 9.47 Å². The molecule has 0 radical (unpaired) electrons. The minimum atomic E-state index is -0.319. The Hall–Kier alpha value is -2.49. The predicted octanol–water partition coefficient (Wildman–Crippen LogP) is 4.70. The van der Waals surface area contributed by atoms with Gasteiger partial charge in [0.2, 0.25) is 0 Å². The fourth-order valence-corrected chi connectivity index (χ4v) is 2.78. The van der Waals surface area contributed by atoms with Gasteiger partial charge in [0.05, 0.1) is 6.54 Å². The molecule has 2 aromatic rings. The monoisotopic (exact) mass is 339 g/mol. The first kappa shape index (κ1) is 17.3. The lowest BCUT2D eigenvalue weighted by atomic mass is 9.87. The summed E-state index contributed by atoms with van der Waals surface area (Å²) in [5.74, 6) is 0.790. The van der Waals surface area contributed by atoms with Crippen molar-refractivity contribution in [3.8, 4) is 5.75 Å². The molecule has 0 bridgehead atoms. The van der Waals surface area contributed by atoms with Crippen molar-refractivity contribution in [1.82, 2.24) is 0 Å². The van der Waals surface area contributed by atoms with E-state index in [0.717, 1.165) is 17.0 Å². The maximum atomic E-state index is 12.1. The topological polar surface area (TPSA) is 38.8 Å². The molecule has 0 spiro atoms. The molecule has 0 N–H and O–H groups in total. The van der Waals surface area contributed by atoms with Crippen molar-refractivity contribution in [2.45, 2.75) is 39.2 Å². The summed E-state index contributed by atoms with van der Waals surface area (Å²) in [6.07, 6.45) is -0.586. The molecule has 132 valence electrons. The van der Waals surface area contributed by atoms with Crippen molar-refractivity contribution in [3.05, 3.63) is 59.7 Å². The molecule has 1 saturated heterocycles. The number of aryl methyl sites for hydroxylation is 1. The van der Waals surface area contributed by atoms with Crippen molar-refractivity contribution in [1.29, 1.82) is 0 Å². The fourth-order valence-electron chi connectivity index (χ4n) is 2.78. The maximum absolute atomic E-state index is 12.1. The van der Waals surface area contributed by atoms with Gasteiger partial charge >= 0.3 is 6.09 Å². The van der Waals surface area contributed by atoms with Crippen LogP contribution in [0.4, 0.5) is 10.5 Å². The highest BCUT2D eigenvalue weighted by Crippen LogP contribution is 2.25. The summed E-state index contributed by atoms with van der Waals surface area (Å²) in [7, 11) is 0. The summed E-state index contributed by atoms with van der Waals surface area (Å²) in [6.45, 7) is 9.42. The van der Waals surface area contributed by atoms with Gasteiger partial charge in [0.1, 0.15) is 12.4 Å². The van der Waals surface area contributed by atoms with E-state index in [1.54, 1.807) is 4.90 Å². The minimum Gasteiger partial charge on any atom is -0.490 e. The standard InChI is InChI=1S/C21H25NO3/c1-15-5-9-17(10-6-15)22-13-19(25-20(22)23)14-24-18-11-7-16(8-12-18)21(2,3)4/h5-12,19H,13-14H2,1-4H3. The van der Waals surface area contributed by atoms with E-state index in [0.29, 0.717) is 13.2 Å². The molecule has 4 heteroatoms. The summed E-state index contributed by atoms with van der Waals surface area (Å²) in [5.41, 5.74) is 3.40. The summed E-state index contributed by atoms with van der Waals surface area (Å²) in [6, 6.07) is 15.9. The molecule has 4 nitrogen and oxygen atoms in total. The first-order valence-electron chi connectivity index (χ1n) is 8.61. The van der Waals surface area contributed by atoms with Gasteiger partial charge in [-0.05, 0) is 42.2 Å². The van der Waals surface area contributed by atoms with Crippen LogP contribution in [-0.2, 0) is 10.2 Å². The lowest BCUT2D eigenvalue weighted by Crippen LogP contribution is -2.26. The number of ether oxygens (including phenoxy) is 2. The highest BCUT2D eigenvalue weighted by Gasteiger charge is 2.32. The SMILES string of the molecule is Cc1ccc(N2CC(COc3ccc(C(C)(C)C)cc3)OC2=O)cc1. The van der Waals surface area contributed by atoms with Crippen LogP contribution in [0.25, 0.3) is 0 Å². The van der Waals surface area contributed by atoms with Crippen LogP contribution in [0.3, 0.4) is 0 Å². The summed E-state index contributed by atoms with van der Waals surface area (Å²) >= 11 is 0. The Labute approximate surface area is 149 Å². The van der Waals surface area contributed by atoms with E-state index < -0.39 is 0 Å². The first-order chi connectivity index (χ1) is 11.8. The molecule has 3 rings (SSSR count). The number of hydrogen-bond acceptors (Lipinski definition) is 3. The molecule has 1 aliphatic heterocycles. The van der Waals surface area contributed by atoms with Gasteiger partial charge in [0.15, 0.2) is 6.10 Å². The quantitative estimate of drug-likeness (QED) is 0.810. The van der Waals surface area contributed by atoms with Crippen LogP contribution in [0.1, 0.15) is 31.9 Å². The number of anilines is 1. The van der Waals surface area contributed by atoms with E-state index in [9.17, 15) is 4.79 Å². The Morgan fingerprint density at radius 1 is 1.08 bits per heavy atom. The Balaban J connectivity index is 1.57. The predicted molar refractivity (Wildman–Crippen MR) is 99.4 cm³/mol. The second-order valence-electron chi connectivity index (χ2n) is 7.54. The number of benzene rings is 2. The van der Waals surface area contributed by atoms with E-state index in [2.05, 4.69) is 32.9 Å². The van der Waals surface area contributed by atoms with E-state index in [-0.39, 0.29) is 17.6 Å². The Bertz CT molecular complexity index is 729. The van der Waals surface area contributed by atoms with Crippen LogP contribution in [-0.4, -0.2) is 25.3 Å². The third kappa shape index (κ3) is 4.13. The number of nitrogens with zero attached hydrogens (tertiary/aromatic N) is 1. The lowest BCUT2D eigenvalue weighted by molar-refractivity contribution is 0.105. The summed E-state index contributed by atoms with van der Waals surface area (Å²) in [5, 5.41) is 0. The van der Waals surface area contributed by atoms with E-state index in [1.165, 1.54) is 5.56 Å². The number of amides is 1. The number of rotatable bonds is 4. The van der Waals surface area contributed by atoms with Crippen molar-refractivity contribution < 1.29 is 14.3 Å². The van der Waals surface area contributed by atoms with Crippen LogP contribution >= 0.6 is 0 Å². The molecule has 1 fully saturated rings. The van der Waals surface area contributed by atoms with Crippen molar-refractivity contribution >= 4 is 11.8 Å². The van der Waals surface area contributed by atoms with Crippen LogP contribution in [0, 0.1) is 6.92 Å². The van der Waals surface area contributed by atoms with Gasteiger partial charge in [-0.1, -0.05) is 50.6 Å². The minimum absolute atomic E-state index is 0.119. The highest BCUT2D eigenvalue weighted by molar-refractivity contribution is 5.89. The van der Waals surface area contributed by atoms with Gasteiger partial charge in [-0.3, -0.25) is 4.90 Å². The number of carbonyl (C=O) groups is 1. The Morgan fingerprint density at radius 2 is 1.72 bits per heavy atom. The summed E-state index contributed by atoms with van der Waals surface area (Å²) < 4.78 is 11.2. The third-order valence-corrected chi connectivity index (χ3v) is 4.38. The zero-order valence-electron chi connectivity index (χ0n) is 15.3. The largest absolute Gasteiger partial charge is 0.490 e. The zero-order valence-corrected chi connectivity index (χ0v) is 15.3. The van der Waals surface area contributed by atoms with Crippen LogP contribution < -0.4 is 9.64 Å². The average molecular weight is 339 g/mol. The van der Waals surface area contributed by atoms with E-state index >= 15 is 0 Å². The molecule has 1 amide bonds. The van der Waals surface area contributed by atoms with Gasteiger partial charge in [0.25, 0.3) is 0 Å². The molecule has 1 heterocycles. The van der Waals surface area contributed by atoms with Gasteiger partial charge in [-0.25, -0.2) is 4.79 Å². The van der Waals surface area contributed by atoms with Crippen molar-refractivity contribution in [3.63, 3.8) is 0 Å². The van der Waals surface area contributed by atoms with Gasteiger partial charge in [-0.2, -0.15) is 0 Å². The van der Waals surface area contributed by atoms with Crippen LogP contribution in [0.15, 0.2) is 48.5 Å².